The van der Waals surface area contributed by atoms with Gasteiger partial charge in [-0.15, -0.1) is 0 Å². The maximum absolute atomic E-state index is 12.2. The van der Waals surface area contributed by atoms with Crippen molar-refractivity contribution in [3.05, 3.63) is 63.7 Å². The molecule has 1 N–H and O–H groups in total. The Balaban J connectivity index is 2.31. The number of halogens is 1. The molecule has 0 spiro atoms. The molecule has 2 heterocycles. The lowest BCUT2D eigenvalue weighted by Crippen LogP contribution is -2.09. The molecule has 0 aliphatic heterocycles. The van der Waals surface area contributed by atoms with Gasteiger partial charge in [-0.1, -0.05) is 29.8 Å². The molecule has 0 fully saturated rings. The summed E-state index contributed by atoms with van der Waals surface area (Å²) in [4.78, 5) is 19.3. The van der Waals surface area contributed by atoms with E-state index >= 15 is 0 Å². The number of hydrogen-bond donors (Lipinski definition) is 1. The monoisotopic (exact) mass is 270 g/mol. The van der Waals surface area contributed by atoms with Gasteiger partial charge >= 0.3 is 0 Å². The van der Waals surface area contributed by atoms with E-state index in [1.807, 2.05) is 37.3 Å². The summed E-state index contributed by atoms with van der Waals surface area (Å²) in [7, 11) is 0. The highest BCUT2D eigenvalue weighted by Gasteiger charge is 2.08. The first-order valence-corrected chi connectivity index (χ1v) is 6.27. The minimum Gasteiger partial charge on any atom is -0.321 e. The molecular weight excluding hydrogens is 260 g/mol. The molecule has 0 saturated carbocycles. The Bertz CT molecular complexity index is 824. The fourth-order valence-corrected chi connectivity index (χ4v) is 2.32. The lowest BCUT2D eigenvalue weighted by atomic mass is 10.1. The van der Waals surface area contributed by atoms with Gasteiger partial charge in [0.05, 0.1) is 5.52 Å². The number of aromatic amines is 1. The highest BCUT2D eigenvalue weighted by Crippen LogP contribution is 2.26. The van der Waals surface area contributed by atoms with E-state index in [0.717, 1.165) is 22.2 Å². The van der Waals surface area contributed by atoms with Crippen LogP contribution in [0.1, 0.15) is 5.69 Å². The van der Waals surface area contributed by atoms with Crippen molar-refractivity contribution < 1.29 is 0 Å². The van der Waals surface area contributed by atoms with Crippen molar-refractivity contribution in [2.75, 3.05) is 0 Å². The van der Waals surface area contributed by atoms with Crippen LogP contribution in [-0.2, 0) is 0 Å². The molecule has 3 aromatic rings. The summed E-state index contributed by atoms with van der Waals surface area (Å²) >= 11 is 6.14. The highest BCUT2D eigenvalue weighted by molar-refractivity contribution is 6.33. The standard InChI is InChI=1S/C15H11ClN2O/c1-9-6-14-10(8-17-9)7-12(15(19)18-14)11-4-2-3-5-13(11)16/h2-8H,1H3,(H,18,19). The molecule has 0 aliphatic rings. The van der Waals surface area contributed by atoms with Crippen molar-refractivity contribution in [2.24, 2.45) is 0 Å². The second kappa shape index (κ2) is 4.52. The van der Waals surface area contributed by atoms with Gasteiger partial charge in [-0.25, -0.2) is 0 Å². The Hall–Kier alpha value is -2.13. The normalized spacial score (nSPS) is 10.8. The molecule has 0 amide bonds. The fourth-order valence-electron chi connectivity index (χ4n) is 2.08. The molecule has 3 nitrogen and oxygen atoms in total. The Kier molecular flexibility index (Phi) is 2.84. The summed E-state index contributed by atoms with van der Waals surface area (Å²) in [6, 6.07) is 11.0. The largest absolute Gasteiger partial charge is 0.321 e. The third kappa shape index (κ3) is 2.13. The van der Waals surface area contributed by atoms with Crippen molar-refractivity contribution in [3.63, 3.8) is 0 Å². The average molecular weight is 271 g/mol. The second-order valence-electron chi connectivity index (χ2n) is 4.40. The second-order valence-corrected chi connectivity index (χ2v) is 4.81. The summed E-state index contributed by atoms with van der Waals surface area (Å²) in [6.45, 7) is 1.89. The molecule has 0 atom stereocenters. The highest BCUT2D eigenvalue weighted by atomic mass is 35.5. The van der Waals surface area contributed by atoms with Gasteiger partial charge in [-0.05, 0) is 25.1 Å². The van der Waals surface area contributed by atoms with Crippen LogP contribution in [0.4, 0.5) is 0 Å². The first-order valence-electron chi connectivity index (χ1n) is 5.90. The zero-order valence-electron chi connectivity index (χ0n) is 10.3. The van der Waals surface area contributed by atoms with E-state index in [1.165, 1.54) is 0 Å². The summed E-state index contributed by atoms with van der Waals surface area (Å²) in [5.41, 5.74) is 2.80. The van der Waals surface area contributed by atoms with Gasteiger partial charge in [-0.3, -0.25) is 9.78 Å². The summed E-state index contributed by atoms with van der Waals surface area (Å²) < 4.78 is 0. The van der Waals surface area contributed by atoms with Crippen LogP contribution in [0.15, 0.2) is 47.4 Å². The van der Waals surface area contributed by atoms with Crippen LogP contribution in [0.2, 0.25) is 5.02 Å². The number of fused-ring (bicyclic) bond motifs is 1. The van der Waals surface area contributed by atoms with E-state index in [0.29, 0.717) is 10.6 Å². The van der Waals surface area contributed by atoms with Crippen LogP contribution in [0.25, 0.3) is 22.0 Å². The van der Waals surface area contributed by atoms with Gasteiger partial charge in [0.15, 0.2) is 0 Å². The predicted molar refractivity (Wildman–Crippen MR) is 77.5 cm³/mol. The van der Waals surface area contributed by atoms with Gasteiger partial charge in [0.2, 0.25) is 0 Å². The van der Waals surface area contributed by atoms with Crippen LogP contribution in [0.5, 0.6) is 0 Å². The van der Waals surface area contributed by atoms with E-state index < -0.39 is 0 Å². The number of benzene rings is 1. The summed E-state index contributed by atoms with van der Waals surface area (Å²) in [6.07, 6.45) is 1.75. The smallest absolute Gasteiger partial charge is 0.256 e. The van der Waals surface area contributed by atoms with Crippen LogP contribution < -0.4 is 5.56 Å². The number of H-pyrrole nitrogens is 1. The average Bonchev–Trinajstić information content (AvgIpc) is 2.39. The molecular formula is C15H11ClN2O. The quantitative estimate of drug-likeness (QED) is 0.735. The van der Waals surface area contributed by atoms with Crippen molar-refractivity contribution >= 4 is 22.5 Å². The van der Waals surface area contributed by atoms with Crippen LogP contribution in [0.3, 0.4) is 0 Å². The van der Waals surface area contributed by atoms with Crippen LogP contribution >= 0.6 is 11.6 Å². The van der Waals surface area contributed by atoms with Crippen molar-refractivity contribution in [3.8, 4) is 11.1 Å². The minimum absolute atomic E-state index is 0.147. The van der Waals surface area contributed by atoms with Crippen LogP contribution in [-0.4, -0.2) is 9.97 Å². The van der Waals surface area contributed by atoms with Crippen LogP contribution in [0, 0.1) is 6.92 Å². The molecule has 0 aliphatic carbocycles. The van der Waals surface area contributed by atoms with Crippen molar-refractivity contribution in [1.82, 2.24) is 9.97 Å². The molecule has 94 valence electrons. The van der Waals surface area contributed by atoms with Gasteiger partial charge in [0.1, 0.15) is 0 Å². The van der Waals surface area contributed by atoms with Gasteiger partial charge in [0, 0.05) is 33.4 Å². The van der Waals surface area contributed by atoms with Gasteiger partial charge in [0.25, 0.3) is 5.56 Å². The number of nitrogens with one attached hydrogen (secondary N) is 1. The molecule has 0 saturated heterocycles. The van der Waals surface area contributed by atoms with Gasteiger partial charge < -0.3 is 4.98 Å². The third-order valence-electron chi connectivity index (χ3n) is 3.03. The minimum atomic E-state index is -0.147. The SMILES string of the molecule is Cc1cc2[nH]c(=O)c(-c3ccccc3Cl)cc2cn1. The molecule has 3 rings (SSSR count). The molecule has 4 heteroatoms. The summed E-state index contributed by atoms with van der Waals surface area (Å²) in [5, 5.41) is 1.45. The van der Waals surface area contributed by atoms with Gasteiger partial charge in [-0.2, -0.15) is 0 Å². The summed E-state index contributed by atoms with van der Waals surface area (Å²) in [5.74, 6) is 0. The predicted octanol–water partition coefficient (Wildman–Crippen LogP) is 3.55. The van der Waals surface area contributed by atoms with E-state index in [4.69, 9.17) is 11.6 Å². The molecule has 2 aromatic heterocycles. The number of pyridine rings is 2. The zero-order chi connectivity index (χ0) is 13.4. The molecule has 0 bridgehead atoms. The first kappa shape index (κ1) is 11.9. The maximum atomic E-state index is 12.2. The number of hydrogen-bond acceptors (Lipinski definition) is 2. The van der Waals surface area contributed by atoms with E-state index in [1.54, 1.807) is 12.3 Å². The lowest BCUT2D eigenvalue weighted by molar-refractivity contribution is 1.20. The van der Waals surface area contributed by atoms with E-state index in [9.17, 15) is 4.79 Å². The Morgan fingerprint density at radius 1 is 1.16 bits per heavy atom. The number of aromatic nitrogens is 2. The Morgan fingerprint density at radius 2 is 1.95 bits per heavy atom. The Morgan fingerprint density at radius 3 is 2.74 bits per heavy atom. The molecule has 0 unspecified atom stereocenters. The lowest BCUT2D eigenvalue weighted by Gasteiger charge is -2.05. The number of rotatable bonds is 1. The number of nitrogens with zero attached hydrogens (tertiary/aromatic N) is 1. The molecule has 0 radical (unpaired) electrons. The topological polar surface area (TPSA) is 45.8 Å². The molecule has 19 heavy (non-hydrogen) atoms. The fraction of sp³-hybridized carbons (Fsp3) is 0.0667. The zero-order valence-corrected chi connectivity index (χ0v) is 11.0. The van der Waals surface area contributed by atoms with Crippen molar-refractivity contribution in [2.45, 2.75) is 6.92 Å². The van der Waals surface area contributed by atoms with E-state index in [2.05, 4.69) is 9.97 Å². The van der Waals surface area contributed by atoms with Crippen molar-refractivity contribution in [1.29, 1.82) is 0 Å². The maximum Gasteiger partial charge on any atom is 0.256 e. The Labute approximate surface area is 114 Å². The number of aryl methyl sites for hydroxylation is 1. The van der Waals surface area contributed by atoms with E-state index in [-0.39, 0.29) is 5.56 Å². The molecule has 1 aromatic carbocycles. The third-order valence-corrected chi connectivity index (χ3v) is 3.36. The first-order chi connectivity index (χ1) is 9.15.